The molecule has 0 aliphatic carbocycles. The molecule has 0 heterocycles. The van der Waals surface area contributed by atoms with Crippen molar-refractivity contribution < 1.29 is 52.3 Å². The summed E-state index contributed by atoms with van der Waals surface area (Å²) in [5.74, 6) is -2.33. The molecule has 2 unspecified atom stereocenters. The summed E-state index contributed by atoms with van der Waals surface area (Å²) in [6.45, 7) is 3.21. The third-order valence-electron chi connectivity index (χ3n) is 9.59. The molecular formula is C42H80NO11P. The van der Waals surface area contributed by atoms with Crippen LogP contribution >= 0.6 is 7.82 Å². The number of unbranched alkanes of at least 4 members (excludes halogenated alkanes) is 24. The molecule has 0 aromatic rings. The molecule has 13 heteroatoms. The van der Waals surface area contributed by atoms with Gasteiger partial charge in [-0.2, -0.15) is 0 Å². The van der Waals surface area contributed by atoms with Crippen LogP contribution in [0.15, 0.2) is 0 Å². The van der Waals surface area contributed by atoms with Crippen LogP contribution in [0.4, 0.5) is 0 Å². The van der Waals surface area contributed by atoms with Crippen molar-refractivity contribution in [2.45, 2.75) is 219 Å². The molecule has 0 aliphatic rings. The fourth-order valence-electron chi connectivity index (χ4n) is 6.25. The lowest BCUT2D eigenvalue weighted by Crippen LogP contribution is -2.30. The smallest absolute Gasteiger partial charge is 0.472 e. The Hall–Kier alpha value is -2.01. The first-order valence-corrected chi connectivity index (χ1v) is 23.5. The summed E-state index contributed by atoms with van der Waals surface area (Å²) in [6, 6.07) is 0. The van der Waals surface area contributed by atoms with Gasteiger partial charge in [-0.1, -0.05) is 168 Å². The number of phosphoric ester groups is 1. The summed E-state index contributed by atoms with van der Waals surface area (Å²) in [4.78, 5) is 57.7. The van der Waals surface area contributed by atoms with Crippen molar-refractivity contribution in [3.05, 3.63) is 0 Å². The number of ether oxygens (including phenoxy) is 2. The second-order valence-corrected chi connectivity index (χ2v) is 16.4. The van der Waals surface area contributed by atoms with Crippen molar-refractivity contribution in [1.82, 2.24) is 5.32 Å². The molecule has 3 N–H and O–H groups in total. The van der Waals surface area contributed by atoms with Crippen LogP contribution in [-0.2, 0) is 42.3 Å². The maximum Gasteiger partial charge on any atom is 0.472 e. The number of aliphatic carboxylic acids is 1. The van der Waals surface area contributed by atoms with Gasteiger partial charge in [-0.05, 0) is 19.3 Å². The van der Waals surface area contributed by atoms with Crippen molar-refractivity contribution in [1.29, 1.82) is 0 Å². The summed E-state index contributed by atoms with van der Waals surface area (Å²) in [6.07, 6.45) is 30.3. The predicted octanol–water partition coefficient (Wildman–Crippen LogP) is 10.9. The standard InChI is InChI=1S/C42H80NO11P/c1-3-5-7-9-11-13-15-17-19-21-23-25-27-32-41(47)51-36-38(37-53-55(49,50)52-35-34-43-39(44)30-29-31-40(45)46)54-42(48)33-28-26-24-22-20-18-16-14-12-10-8-6-4-2/h38H,3-37H2,1-2H3,(H,43,44)(H,45,46)(H,49,50). The molecule has 0 spiro atoms. The van der Waals surface area contributed by atoms with E-state index >= 15 is 0 Å². The molecule has 0 rings (SSSR count). The van der Waals surface area contributed by atoms with E-state index in [9.17, 15) is 28.6 Å². The van der Waals surface area contributed by atoms with Gasteiger partial charge in [0.15, 0.2) is 6.10 Å². The summed E-state index contributed by atoms with van der Waals surface area (Å²) in [7, 11) is -4.59. The van der Waals surface area contributed by atoms with Crippen LogP contribution in [0, 0.1) is 0 Å². The van der Waals surface area contributed by atoms with Crippen LogP contribution in [0.1, 0.15) is 213 Å². The zero-order valence-corrected chi connectivity index (χ0v) is 35.7. The fourth-order valence-corrected chi connectivity index (χ4v) is 7.00. The Morgan fingerprint density at radius 1 is 0.527 bits per heavy atom. The minimum atomic E-state index is -4.59. The first-order valence-electron chi connectivity index (χ1n) is 22.0. The second kappa shape index (κ2) is 38.8. The number of hydrogen-bond donors (Lipinski definition) is 3. The Kier molecular flexibility index (Phi) is 37.4. The molecule has 55 heavy (non-hydrogen) atoms. The number of nitrogens with one attached hydrogen (secondary N) is 1. The van der Waals surface area contributed by atoms with Gasteiger partial charge >= 0.3 is 25.7 Å². The highest BCUT2D eigenvalue weighted by Gasteiger charge is 2.26. The monoisotopic (exact) mass is 806 g/mol. The van der Waals surface area contributed by atoms with E-state index in [1.165, 1.54) is 116 Å². The lowest BCUT2D eigenvalue weighted by molar-refractivity contribution is -0.161. The average molecular weight is 806 g/mol. The Bertz CT molecular complexity index is 997. The van der Waals surface area contributed by atoms with E-state index in [4.69, 9.17) is 23.6 Å². The predicted molar refractivity (Wildman–Crippen MR) is 218 cm³/mol. The van der Waals surface area contributed by atoms with Gasteiger partial charge in [-0.3, -0.25) is 28.2 Å². The van der Waals surface area contributed by atoms with Crippen LogP contribution in [0.25, 0.3) is 0 Å². The third-order valence-corrected chi connectivity index (χ3v) is 10.6. The molecular weight excluding hydrogens is 725 g/mol. The number of phosphoric acid groups is 1. The molecule has 324 valence electrons. The van der Waals surface area contributed by atoms with Gasteiger partial charge in [0, 0.05) is 32.2 Å². The number of carboxylic acid groups (broad SMARTS) is 1. The lowest BCUT2D eigenvalue weighted by atomic mass is 10.0. The highest BCUT2D eigenvalue weighted by molar-refractivity contribution is 7.47. The molecule has 2 atom stereocenters. The van der Waals surface area contributed by atoms with E-state index in [1.54, 1.807) is 0 Å². The Morgan fingerprint density at radius 3 is 1.38 bits per heavy atom. The summed E-state index contributed by atoms with van der Waals surface area (Å²) < 4.78 is 33.4. The van der Waals surface area contributed by atoms with Crippen LogP contribution in [0.3, 0.4) is 0 Å². The summed E-state index contributed by atoms with van der Waals surface area (Å²) in [5, 5.41) is 11.2. The van der Waals surface area contributed by atoms with E-state index in [2.05, 4.69) is 19.2 Å². The zero-order chi connectivity index (χ0) is 40.7. The highest BCUT2D eigenvalue weighted by atomic mass is 31.2. The summed E-state index contributed by atoms with van der Waals surface area (Å²) >= 11 is 0. The quantitative estimate of drug-likeness (QED) is 0.0304. The highest BCUT2D eigenvalue weighted by Crippen LogP contribution is 2.43. The van der Waals surface area contributed by atoms with E-state index in [0.717, 1.165) is 38.5 Å². The van der Waals surface area contributed by atoms with Crippen LogP contribution in [0.2, 0.25) is 0 Å². The third kappa shape index (κ3) is 40.0. The maximum absolute atomic E-state index is 12.7. The minimum absolute atomic E-state index is 0.00399. The first kappa shape index (κ1) is 53.0. The maximum atomic E-state index is 12.7. The number of hydrogen-bond acceptors (Lipinski definition) is 9. The summed E-state index contributed by atoms with van der Waals surface area (Å²) in [5.41, 5.74) is 0. The van der Waals surface area contributed by atoms with Crippen LogP contribution in [0.5, 0.6) is 0 Å². The Morgan fingerprint density at radius 2 is 0.945 bits per heavy atom. The van der Waals surface area contributed by atoms with Crippen molar-refractivity contribution in [2.75, 3.05) is 26.4 Å². The van der Waals surface area contributed by atoms with Crippen LogP contribution < -0.4 is 5.32 Å². The van der Waals surface area contributed by atoms with Gasteiger partial charge < -0.3 is 24.8 Å². The molecule has 0 aliphatic heterocycles. The Labute approximate surface area is 333 Å². The SMILES string of the molecule is CCCCCCCCCCCCCCCC(=O)OCC(COP(=O)(O)OCCNC(=O)CCCC(=O)O)OC(=O)CCCCCCCCCCCCCCC. The van der Waals surface area contributed by atoms with Gasteiger partial charge in [0.2, 0.25) is 5.91 Å². The molecule has 0 aromatic heterocycles. The Balaban J connectivity index is 4.51. The van der Waals surface area contributed by atoms with Gasteiger partial charge in [0.25, 0.3) is 0 Å². The van der Waals surface area contributed by atoms with E-state index in [-0.39, 0.29) is 51.9 Å². The largest absolute Gasteiger partial charge is 0.481 e. The molecule has 0 fully saturated rings. The molecule has 0 bridgehead atoms. The van der Waals surface area contributed by atoms with E-state index < -0.39 is 44.3 Å². The lowest BCUT2D eigenvalue weighted by Gasteiger charge is -2.20. The number of carbonyl (C=O) groups is 4. The number of rotatable bonds is 42. The molecule has 0 radical (unpaired) electrons. The van der Waals surface area contributed by atoms with Gasteiger partial charge in [-0.15, -0.1) is 0 Å². The van der Waals surface area contributed by atoms with Crippen LogP contribution in [-0.4, -0.2) is 66.3 Å². The average Bonchev–Trinajstić information content (AvgIpc) is 3.15. The van der Waals surface area contributed by atoms with Crippen molar-refractivity contribution in [2.24, 2.45) is 0 Å². The van der Waals surface area contributed by atoms with Gasteiger partial charge in [-0.25, -0.2) is 4.57 Å². The van der Waals surface area contributed by atoms with E-state index in [1.807, 2.05) is 0 Å². The minimum Gasteiger partial charge on any atom is -0.481 e. The number of carboxylic acids is 1. The molecule has 0 saturated heterocycles. The first-order chi connectivity index (χ1) is 26.6. The molecule has 12 nitrogen and oxygen atoms in total. The van der Waals surface area contributed by atoms with Crippen molar-refractivity contribution in [3.8, 4) is 0 Å². The van der Waals surface area contributed by atoms with E-state index in [0.29, 0.717) is 12.8 Å². The molecule has 0 saturated carbocycles. The number of carbonyl (C=O) groups excluding carboxylic acids is 3. The second-order valence-electron chi connectivity index (χ2n) is 15.0. The van der Waals surface area contributed by atoms with Gasteiger partial charge in [0.1, 0.15) is 6.61 Å². The molecule has 0 aromatic carbocycles. The van der Waals surface area contributed by atoms with Crippen molar-refractivity contribution in [3.63, 3.8) is 0 Å². The number of amides is 1. The van der Waals surface area contributed by atoms with Gasteiger partial charge in [0.05, 0.1) is 13.2 Å². The zero-order valence-electron chi connectivity index (χ0n) is 34.8. The normalized spacial score (nSPS) is 12.9. The van der Waals surface area contributed by atoms with Crippen molar-refractivity contribution >= 4 is 31.6 Å². The number of esters is 2. The molecule has 1 amide bonds. The topological polar surface area (TPSA) is 175 Å². The fraction of sp³-hybridized carbons (Fsp3) is 0.905.